The summed E-state index contributed by atoms with van der Waals surface area (Å²) in [4.78, 5) is 34.7. The normalized spacial score (nSPS) is 14.3. The Morgan fingerprint density at radius 1 is 0.818 bits per heavy atom. The van der Waals surface area contributed by atoms with Crippen molar-refractivity contribution in [2.24, 2.45) is 5.41 Å². The first-order valence-electron chi connectivity index (χ1n) is 7.56. The zero-order chi connectivity index (χ0) is 17.4. The Bertz CT molecular complexity index is 399. The molecule has 0 spiro atoms. The molecule has 7 nitrogen and oxygen atoms in total. The van der Waals surface area contributed by atoms with E-state index in [1.54, 1.807) is 20.8 Å². The topological polar surface area (TPSA) is 121 Å². The van der Waals surface area contributed by atoms with Crippen molar-refractivity contribution >= 4 is 17.9 Å². The van der Waals surface area contributed by atoms with Gasteiger partial charge in [0.05, 0.1) is 0 Å². The van der Waals surface area contributed by atoms with Crippen LogP contribution < -0.4 is 0 Å². The van der Waals surface area contributed by atoms with Crippen molar-refractivity contribution in [1.82, 2.24) is 0 Å². The lowest BCUT2D eigenvalue weighted by atomic mass is 9.64. The van der Waals surface area contributed by atoms with E-state index < -0.39 is 35.5 Å². The van der Waals surface area contributed by atoms with Crippen molar-refractivity contribution in [2.45, 2.75) is 64.9 Å². The monoisotopic (exact) mass is 318 g/mol. The summed E-state index contributed by atoms with van der Waals surface area (Å²) in [6.45, 7) is 4.41. The molecule has 0 aromatic heterocycles. The molecule has 1 unspecified atom stereocenters. The molecule has 0 aromatic carbocycles. The van der Waals surface area contributed by atoms with Gasteiger partial charge in [0, 0.05) is 0 Å². The minimum Gasteiger partial charge on any atom is -0.481 e. The van der Waals surface area contributed by atoms with E-state index in [1.165, 1.54) is 0 Å². The fourth-order valence-electron chi connectivity index (χ4n) is 3.13. The molecule has 3 N–H and O–H groups in total. The van der Waals surface area contributed by atoms with Gasteiger partial charge in [0.15, 0.2) is 5.60 Å². The molecule has 1 atom stereocenters. The summed E-state index contributed by atoms with van der Waals surface area (Å²) in [5.41, 5.74) is -3.69. The number of ether oxygens (including phenoxy) is 1. The minimum absolute atomic E-state index is 0.0537. The van der Waals surface area contributed by atoms with Crippen molar-refractivity contribution in [3.8, 4) is 0 Å². The summed E-state index contributed by atoms with van der Waals surface area (Å²) in [7, 11) is 0. The van der Waals surface area contributed by atoms with Crippen LogP contribution in [-0.4, -0.2) is 45.4 Å². The zero-order valence-electron chi connectivity index (χ0n) is 13.4. The van der Waals surface area contributed by atoms with E-state index in [0.29, 0.717) is 19.3 Å². The maximum Gasteiger partial charge on any atom is 0.337 e. The van der Waals surface area contributed by atoms with E-state index >= 15 is 0 Å². The molecule has 0 heterocycles. The second-order valence-electron chi connectivity index (χ2n) is 5.45. The molecular weight excluding hydrogens is 292 g/mol. The first kappa shape index (κ1) is 20.4. The van der Waals surface area contributed by atoms with E-state index in [9.17, 15) is 24.6 Å². The molecule has 0 aromatic rings. The number of hydrogen-bond acceptors (Lipinski definition) is 4. The maximum absolute atomic E-state index is 12.0. The van der Waals surface area contributed by atoms with E-state index in [1.807, 2.05) is 0 Å². The van der Waals surface area contributed by atoms with Crippen LogP contribution in [0.15, 0.2) is 0 Å². The predicted octanol–water partition coefficient (Wildman–Crippen LogP) is 2.38. The van der Waals surface area contributed by atoms with Crippen LogP contribution in [0.4, 0.5) is 0 Å². The van der Waals surface area contributed by atoms with Crippen LogP contribution in [0, 0.1) is 5.41 Å². The summed E-state index contributed by atoms with van der Waals surface area (Å²) < 4.78 is 5.25. The Morgan fingerprint density at radius 2 is 1.27 bits per heavy atom. The lowest BCUT2D eigenvalue weighted by Gasteiger charge is -2.44. The van der Waals surface area contributed by atoms with Crippen LogP contribution >= 0.6 is 0 Å². The molecular formula is C15H26O7. The van der Waals surface area contributed by atoms with Gasteiger partial charge in [0.2, 0.25) is 0 Å². The van der Waals surface area contributed by atoms with E-state index in [2.05, 4.69) is 0 Å². The predicted molar refractivity (Wildman–Crippen MR) is 78.7 cm³/mol. The summed E-state index contributed by atoms with van der Waals surface area (Å²) in [5.74, 6) is -3.99. The molecule has 0 aliphatic rings. The first-order chi connectivity index (χ1) is 10.2. The number of carboxylic acids is 3. The van der Waals surface area contributed by atoms with Crippen LogP contribution in [0.1, 0.15) is 59.3 Å². The summed E-state index contributed by atoms with van der Waals surface area (Å²) in [6.07, 6.45) is 1.46. The quantitative estimate of drug-likeness (QED) is 0.505. The van der Waals surface area contributed by atoms with Crippen molar-refractivity contribution in [3.05, 3.63) is 0 Å². The van der Waals surface area contributed by atoms with Gasteiger partial charge < -0.3 is 20.1 Å². The number of rotatable bonds is 12. The third-order valence-corrected chi connectivity index (χ3v) is 3.93. The average Bonchev–Trinajstić information content (AvgIpc) is 2.42. The SMILES string of the molecule is CCCC(CCC)(C(=O)O)C(CCC)(OCC(=O)O)C(=O)O. The number of hydrogen-bond donors (Lipinski definition) is 3. The fourth-order valence-corrected chi connectivity index (χ4v) is 3.13. The molecule has 128 valence electrons. The molecule has 7 heteroatoms. The molecule has 0 bridgehead atoms. The van der Waals surface area contributed by atoms with Gasteiger partial charge in [0.25, 0.3) is 0 Å². The fraction of sp³-hybridized carbons (Fsp3) is 0.800. The highest BCUT2D eigenvalue weighted by Crippen LogP contribution is 2.46. The van der Waals surface area contributed by atoms with Crippen molar-refractivity contribution in [3.63, 3.8) is 0 Å². The van der Waals surface area contributed by atoms with Crippen molar-refractivity contribution in [2.75, 3.05) is 6.61 Å². The molecule has 0 saturated heterocycles. The standard InChI is InChI=1S/C15H26O7/c1-4-7-14(8-5-2,12(18)19)15(9-6-3,13(20)21)22-10-11(16)17/h4-10H2,1-3H3,(H,16,17)(H,18,19)(H,20,21). The van der Waals surface area contributed by atoms with Crippen LogP contribution in [0.5, 0.6) is 0 Å². The summed E-state index contributed by atoms with van der Waals surface area (Å²) in [5, 5.41) is 28.3. The van der Waals surface area contributed by atoms with Gasteiger partial charge in [-0.2, -0.15) is 0 Å². The van der Waals surface area contributed by atoms with Crippen LogP contribution in [0.2, 0.25) is 0 Å². The molecule has 22 heavy (non-hydrogen) atoms. The smallest absolute Gasteiger partial charge is 0.337 e. The van der Waals surface area contributed by atoms with Crippen molar-refractivity contribution < 1.29 is 34.4 Å². The lowest BCUT2D eigenvalue weighted by molar-refractivity contribution is -0.207. The van der Waals surface area contributed by atoms with Crippen LogP contribution in [0.3, 0.4) is 0 Å². The number of carboxylic acid groups (broad SMARTS) is 3. The van der Waals surface area contributed by atoms with E-state index in [4.69, 9.17) is 9.84 Å². The molecule has 0 amide bonds. The van der Waals surface area contributed by atoms with Gasteiger partial charge >= 0.3 is 17.9 Å². The van der Waals surface area contributed by atoms with Crippen LogP contribution in [-0.2, 0) is 19.1 Å². The Morgan fingerprint density at radius 3 is 1.55 bits per heavy atom. The van der Waals surface area contributed by atoms with Gasteiger partial charge in [-0.3, -0.25) is 4.79 Å². The average molecular weight is 318 g/mol. The maximum atomic E-state index is 12.0. The molecule has 0 radical (unpaired) electrons. The van der Waals surface area contributed by atoms with E-state index in [0.717, 1.165) is 0 Å². The molecule has 0 rings (SSSR count). The second kappa shape index (κ2) is 8.73. The minimum atomic E-state index is -2.04. The summed E-state index contributed by atoms with van der Waals surface area (Å²) in [6, 6.07) is 0. The van der Waals surface area contributed by atoms with Crippen molar-refractivity contribution in [1.29, 1.82) is 0 Å². The van der Waals surface area contributed by atoms with Gasteiger partial charge in [0.1, 0.15) is 12.0 Å². The Balaban J connectivity index is 6.15. The third-order valence-electron chi connectivity index (χ3n) is 3.93. The zero-order valence-corrected chi connectivity index (χ0v) is 13.4. The highest BCUT2D eigenvalue weighted by atomic mass is 16.5. The molecule has 0 aliphatic carbocycles. The summed E-state index contributed by atoms with van der Waals surface area (Å²) >= 11 is 0. The molecule has 0 saturated carbocycles. The van der Waals surface area contributed by atoms with Gasteiger partial charge in [-0.25, -0.2) is 9.59 Å². The molecule has 0 aliphatic heterocycles. The highest BCUT2D eigenvalue weighted by molar-refractivity contribution is 5.89. The Hall–Kier alpha value is -1.63. The third kappa shape index (κ3) is 3.97. The number of carbonyl (C=O) groups is 3. The Labute approximate surface area is 130 Å². The molecule has 0 fully saturated rings. The highest BCUT2D eigenvalue weighted by Gasteiger charge is 2.61. The number of aliphatic carboxylic acids is 3. The largest absolute Gasteiger partial charge is 0.481 e. The van der Waals surface area contributed by atoms with Gasteiger partial charge in [-0.1, -0.05) is 40.0 Å². The van der Waals surface area contributed by atoms with Gasteiger partial charge in [-0.15, -0.1) is 0 Å². The van der Waals surface area contributed by atoms with E-state index in [-0.39, 0.29) is 19.3 Å². The first-order valence-corrected chi connectivity index (χ1v) is 7.56. The second-order valence-corrected chi connectivity index (χ2v) is 5.45. The van der Waals surface area contributed by atoms with Gasteiger partial charge in [-0.05, 0) is 19.3 Å². The van der Waals surface area contributed by atoms with Crippen LogP contribution in [0.25, 0.3) is 0 Å². The Kier molecular flexibility index (Phi) is 8.08. The lowest BCUT2D eigenvalue weighted by Crippen LogP contribution is -2.60.